The molecule has 0 unspecified atom stereocenters. The van der Waals surface area contributed by atoms with Gasteiger partial charge in [0, 0.05) is 19.6 Å². The number of hydrogen-bond acceptors (Lipinski definition) is 3. The van der Waals surface area contributed by atoms with Crippen molar-refractivity contribution in [3.8, 4) is 0 Å². The molecule has 106 valence electrons. The first-order valence-electron chi connectivity index (χ1n) is 7.05. The number of aromatic nitrogens is 3. The Morgan fingerprint density at radius 2 is 2.30 bits per heavy atom. The molecule has 4 nitrogen and oxygen atoms in total. The Bertz CT molecular complexity index is 581. The zero-order valence-electron chi connectivity index (χ0n) is 11.6. The molecule has 0 radical (unpaired) electrons. The van der Waals surface area contributed by atoms with Crippen molar-refractivity contribution in [2.75, 3.05) is 0 Å². The first kappa shape index (κ1) is 13.2. The Morgan fingerprint density at radius 3 is 3.05 bits per heavy atom. The second-order valence-corrected chi connectivity index (χ2v) is 5.49. The molecule has 2 atom stereocenters. The normalized spacial score (nSPS) is 22.3. The van der Waals surface area contributed by atoms with Gasteiger partial charge in [0.05, 0.1) is 11.9 Å². The van der Waals surface area contributed by atoms with E-state index >= 15 is 0 Å². The molecule has 1 aliphatic carbocycles. The van der Waals surface area contributed by atoms with Gasteiger partial charge in [0.15, 0.2) is 0 Å². The Kier molecular flexibility index (Phi) is 3.78. The third-order valence-electron chi connectivity index (χ3n) is 4.13. The number of hydrogen-bond donors (Lipinski definition) is 1. The van der Waals surface area contributed by atoms with Crippen LogP contribution < -0.4 is 5.32 Å². The number of nitrogens with one attached hydrogen (secondary N) is 1. The zero-order valence-corrected chi connectivity index (χ0v) is 11.6. The summed E-state index contributed by atoms with van der Waals surface area (Å²) in [5, 5.41) is 11.3. The first-order chi connectivity index (χ1) is 9.72. The molecule has 1 aromatic carbocycles. The minimum atomic E-state index is -0.139. The van der Waals surface area contributed by atoms with E-state index in [-0.39, 0.29) is 5.82 Å². The van der Waals surface area contributed by atoms with Crippen molar-refractivity contribution in [2.45, 2.75) is 37.8 Å². The number of halogens is 1. The van der Waals surface area contributed by atoms with E-state index in [1.165, 1.54) is 6.07 Å². The molecular weight excluding hydrogens is 255 g/mol. The summed E-state index contributed by atoms with van der Waals surface area (Å²) in [6.07, 6.45) is 5.10. The molecule has 1 fully saturated rings. The fourth-order valence-electron chi connectivity index (χ4n) is 2.95. The van der Waals surface area contributed by atoms with Gasteiger partial charge < -0.3 is 5.32 Å². The van der Waals surface area contributed by atoms with E-state index < -0.39 is 0 Å². The summed E-state index contributed by atoms with van der Waals surface area (Å²) in [6, 6.07) is 7.48. The van der Waals surface area contributed by atoms with Crippen LogP contribution in [0.25, 0.3) is 0 Å². The predicted octanol–water partition coefficient (Wildman–Crippen LogP) is 2.38. The molecule has 0 bridgehead atoms. The van der Waals surface area contributed by atoms with Gasteiger partial charge in [0.25, 0.3) is 0 Å². The van der Waals surface area contributed by atoms with Crippen LogP contribution in [0.2, 0.25) is 0 Å². The summed E-state index contributed by atoms with van der Waals surface area (Å²) in [4.78, 5) is 0. The van der Waals surface area contributed by atoms with Gasteiger partial charge in [0.1, 0.15) is 5.82 Å². The van der Waals surface area contributed by atoms with E-state index in [9.17, 15) is 4.39 Å². The highest BCUT2D eigenvalue weighted by Gasteiger charge is 2.25. The third kappa shape index (κ3) is 2.88. The molecule has 0 amide bonds. The van der Waals surface area contributed by atoms with Crippen LogP contribution in [0, 0.1) is 5.82 Å². The fraction of sp³-hybridized carbons (Fsp3) is 0.467. The summed E-state index contributed by atoms with van der Waals surface area (Å²) in [5.74, 6) is 0.327. The molecule has 1 heterocycles. The average molecular weight is 274 g/mol. The van der Waals surface area contributed by atoms with Crippen LogP contribution in [0.1, 0.15) is 36.4 Å². The number of nitrogens with zero attached hydrogens (tertiary/aromatic N) is 3. The summed E-state index contributed by atoms with van der Waals surface area (Å²) in [7, 11) is 1.90. The largest absolute Gasteiger partial charge is 0.308 e. The highest BCUT2D eigenvalue weighted by Crippen LogP contribution is 2.34. The van der Waals surface area contributed by atoms with Crippen LogP contribution >= 0.6 is 0 Å². The molecule has 3 rings (SSSR count). The van der Waals surface area contributed by atoms with Crippen LogP contribution in [0.15, 0.2) is 30.5 Å². The van der Waals surface area contributed by atoms with E-state index in [0.717, 1.165) is 37.1 Å². The highest BCUT2D eigenvalue weighted by atomic mass is 19.1. The Labute approximate surface area is 118 Å². The van der Waals surface area contributed by atoms with Gasteiger partial charge in [-0.2, -0.15) is 0 Å². The van der Waals surface area contributed by atoms with E-state index in [1.54, 1.807) is 23.0 Å². The molecule has 1 saturated carbocycles. The maximum Gasteiger partial charge on any atom is 0.123 e. The lowest BCUT2D eigenvalue weighted by Crippen LogP contribution is -2.26. The van der Waals surface area contributed by atoms with Crippen LogP contribution in [-0.2, 0) is 13.6 Å². The summed E-state index contributed by atoms with van der Waals surface area (Å²) < 4.78 is 15.0. The number of aryl methyl sites for hydroxylation is 1. The quantitative estimate of drug-likeness (QED) is 0.931. The lowest BCUT2D eigenvalue weighted by molar-refractivity contribution is 0.501. The Balaban J connectivity index is 1.56. The van der Waals surface area contributed by atoms with Crippen LogP contribution in [-0.4, -0.2) is 21.0 Å². The smallest absolute Gasteiger partial charge is 0.123 e. The summed E-state index contributed by atoms with van der Waals surface area (Å²) in [5.41, 5.74) is 2.20. The van der Waals surface area contributed by atoms with Crippen molar-refractivity contribution in [1.29, 1.82) is 0 Å². The first-order valence-corrected chi connectivity index (χ1v) is 7.05. The second-order valence-electron chi connectivity index (χ2n) is 5.49. The van der Waals surface area contributed by atoms with Gasteiger partial charge >= 0.3 is 0 Å². The fourth-order valence-corrected chi connectivity index (χ4v) is 2.95. The minimum absolute atomic E-state index is 0.139. The maximum absolute atomic E-state index is 13.3. The van der Waals surface area contributed by atoms with Gasteiger partial charge in [-0.3, -0.25) is 4.68 Å². The summed E-state index contributed by atoms with van der Waals surface area (Å²) in [6.45, 7) is 0.782. The SMILES string of the molecule is Cn1nncc1CN[C@@H]1CC[C@H](c2cccc(F)c2)C1. The van der Waals surface area contributed by atoms with Gasteiger partial charge in [-0.1, -0.05) is 17.3 Å². The van der Waals surface area contributed by atoms with E-state index in [2.05, 4.69) is 15.6 Å². The standard InChI is InChI=1S/C15H19FN4/c1-20-15(10-18-19-20)9-17-14-6-5-12(8-14)11-3-2-4-13(16)7-11/h2-4,7,10,12,14,17H,5-6,8-9H2,1H3/t12-,14+/m0/s1. The monoisotopic (exact) mass is 274 g/mol. The van der Waals surface area contributed by atoms with Gasteiger partial charge in [-0.15, -0.1) is 5.10 Å². The Hall–Kier alpha value is -1.75. The van der Waals surface area contributed by atoms with Crippen molar-refractivity contribution in [3.05, 3.63) is 47.5 Å². The number of benzene rings is 1. The summed E-state index contributed by atoms with van der Waals surface area (Å²) >= 11 is 0. The predicted molar refractivity (Wildman–Crippen MR) is 74.6 cm³/mol. The zero-order chi connectivity index (χ0) is 13.9. The second kappa shape index (κ2) is 5.71. The van der Waals surface area contributed by atoms with Crippen LogP contribution in [0.4, 0.5) is 4.39 Å². The van der Waals surface area contributed by atoms with Crippen LogP contribution in [0.5, 0.6) is 0 Å². The van der Waals surface area contributed by atoms with Gasteiger partial charge in [0.2, 0.25) is 0 Å². The van der Waals surface area contributed by atoms with Gasteiger partial charge in [-0.25, -0.2) is 4.39 Å². The van der Waals surface area contributed by atoms with Crippen molar-refractivity contribution >= 4 is 0 Å². The molecule has 0 spiro atoms. The molecule has 20 heavy (non-hydrogen) atoms. The molecule has 1 aromatic heterocycles. The van der Waals surface area contributed by atoms with Crippen molar-refractivity contribution in [1.82, 2.24) is 20.3 Å². The average Bonchev–Trinajstić information content (AvgIpc) is 3.05. The molecule has 1 aliphatic rings. The van der Waals surface area contributed by atoms with E-state index in [0.29, 0.717) is 12.0 Å². The molecule has 5 heteroatoms. The molecule has 0 aliphatic heterocycles. The van der Waals surface area contributed by atoms with Crippen molar-refractivity contribution in [2.24, 2.45) is 7.05 Å². The van der Waals surface area contributed by atoms with Gasteiger partial charge in [-0.05, 0) is 42.9 Å². The topological polar surface area (TPSA) is 42.7 Å². The van der Waals surface area contributed by atoms with Crippen molar-refractivity contribution in [3.63, 3.8) is 0 Å². The van der Waals surface area contributed by atoms with E-state index in [1.807, 2.05) is 13.1 Å². The minimum Gasteiger partial charge on any atom is -0.308 e. The lowest BCUT2D eigenvalue weighted by atomic mass is 9.97. The lowest BCUT2D eigenvalue weighted by Gasteiger charge is -2.13. The van der Waals surface area contributed by atoms with E-state index in [4.69, 9.17) is 0 Å². The Morgan fingerprint density at radius 1 is 1.40 bits per heavy atom. The molecular formula is C15H19FN4. The molecule has 2 aromatic rings. The molecule has 0 saturated heterocycles. The van der Waals surface area contributed by atoms with Crippen molar-refractivity contribution < 1.29 is 4.39 Å². The molecule has 1 N–H and O–H groups in total. The van der Waals surface area contributed by atoms with Crippen LogP contribution in [0.3, 0.4) is 0 Å². The number of rotatable bonds is 4. The third-order valence-corrected chi connectivity index (χ3v) is 4.13. The maximum atomic E-state index is 13.3. The highest BCUT2D eigenvalue weighted by molar-refractivity contribution is 5.22.